The maximum absolute atomic E-state index is 9.11. The van der Waals surface area contributed by atoms with E-state index in [4.69, 9.17) is 33.9 Å². The zero-order valence-corrected chi connectivity index (χ0v) is 49.8. The van der Waals surface area contributed by atoms with Gasteiger partial charge in [-0.05, 0) is 93.7 Å². The first-order valence-corrected chi connectivity index (χ1v) is 37.2. The minimum Gasteiger partial charge on any atom is -0.524 e. The van der Waals surface area contributed by atoms with Crippen molar-refractivity contribution in [3.63, 3.8) is 0 Å². The van der Waals surface area contributed by atoms with Crippen LogP contribution in [0.2, 0.25) is 77.1 Å². The van der Waals surface area contributed by atoms with E-state index >= 15 is 0 Å². The molecule has 399 valence electrons. The van der Waals surface area contributed by atoms with E-state index in [-0.39, 0.29) is 0 Å². The largest absolute Gasteiger partial charge is 0.570 e. The quantitative estimate of drug-likeness (QED) is 0.0483. The Morgan fingerprint density at radius 2 is 1.00 bits per heavy atom. The summed E-state index contributed by atoms with van der Waals surface area (Å²) < 4.78 is 29.8. The summed E-state index contributed by atoms with van der Waals surface area (Å²) in [6.45, 7) is 24.9. The first-order chi connectivity index (χ1) is 36.3. The second kappa shape index (κ2) is 28.6. The van der Waals surface area contributed by atoms with Gasteiger partial charge in [0.15, 0.2) is 5.88 Å². The molecule has 0 saturated heterocycles. The zero-order valence-electron chi connectivity index (χ0n) is 45.2. The Hall–Kier alpha value is -5.66. The smallest absolute Gasteiger partial charge is 0.524 e. The molecule has 0 spiro atoms. The number of halogens is 1. The molecule has 0 saturated carbocycles. The van der Waals surface area contributed by atoms with Crippen LogP contribution in [0, 0.1) is 0 Å². The molecule has 1 radical (unpaired) electrons. The Bertz CT molecular complexity index is 3160. The Morgan fingerprint density at radius 1 is 0.539 bits per heavy atom. The van der Waals surface area contributed by atoms with Crippen molar-refractivity contribution in [2.75, 3.05) is 19.8 Å². The second-order valence-electron chi connectivity index (χ2n) is 21.6. The van der Waals surface area contributed by atoms with Crippen LogP contribution in [0.3, 0.4) is 0 Å². The minimum atomic E-state index is -1.40. The van der Waals surface area contributed by atoms with Gasteiger partial charge in [-0.25, -0.2) is 15.0 Å². The predicted octanol–water partition coefficient (Wildman–Crippen LogP) is 10.6. The van der Waals surface area contributed by atoms with Gasteiger partial charge in [0.1, 0.15) is 37.1 Å². The van der Waals surface area contributed by atoms with Gasteiger partial charge in [-0.15, -0.1) is 0 Å². The third kappa shape index (κ3) is 18.5. The highest BCUT2D eigenvalue weighted by Gasteiger charge is 2.18. The van der Waals surface area contributed by atoms with Crippen LogP contribution >= 0.6 is 15.9 Å². The first kappa shape index (κ1) is 59.6. The fourth-order valence-corrected chi connectivity index (χ4v) is 10.1. The number of nitrogens with zero attached hydrogens (tertiary/aromatic N) is 9. The van der Waals surface area contributed by atoms with Crippen molar-refractivity contribution in [3.8, 4) is 28.1 Å². The number of ether oxygens (including phenoxy) is 3. The Labute approximate surface area is 459 Å². The molecule has 9 rings (SSSR count). The highest BCUT2D eigenvalue weighted by Crippen LogP contribution is 2.33. The summed E-state index contributed by atoms with van der Waals surface area (Å²) >= 11 is 3.53. The summed E-state index contributed by atoms with van der Waals surface area (Å²) in [5, 5.41) is 29.4. The lowest BCUT2D eigenvalue weighted by Gasteiger charge is -2.16. The molecule has 0 unspecified atom stereocenters. The van der Waals surface area contributed by atoms with E-state index in [1.807, 2.05) is 88.8 Å². The summed E-state index contributed by atoms with van der Waals surface area (Å²) in [4.78, 5) is 25.5. The van der Waals surface area contributed by atoms with Crippen LogP contribution in [-0.2, 0) is 34.4 Å². The van der Waals surface area contributed by atoms with E-state index in [2.05, 4.69) is 128 Å². The molecule has 0 atom stereocenters. The monoisotopic (exact) mass is 1140 g/mol. The van der Waals surface area contributed by atoms with Crippen molar-refractivity contribution in [1.29, 1.82) is 0 Å². The third-order valence-electron chi connectivity index (χ3n) is 11.8. The maximum atomic E-state index is 9.11. The molecule has 22 heteroatoms. The topological polar surface area (TPSA) is 190 Å². The van der Waals surface area contributed by atoms with Crippen molar-refractivity contribution >= 4 is 93.5 Å². The molecule has 0 aromatic carbocycles. The van der Waals surface area contributed by atoms with Gasteiger partial charge in [0.2, 0.25) is 0 Å². The average Bonchev–Trinajstić information content (AvgIpc) is 4.13. The van der Waals surface area contributed by atoms with Gasteiger partial charge < -0.3 is 43.1 Å². The maximum Gasteiger partial charge on any atom is 0.570 e. The average molecular weight is 1140 g/mol. The van der Waals surface area contributed by atoms with Crippen molar-refractivity contribution in [3.05, 3.63) is 145 Å². The number of hydrogen-bond donors (Lipinski definition) is 3. The van der Waals surface area contributed by atoms with Gasteiger partial charge in [-0.2, -0.15) is 0 Å². The number of pyridine rings is 6. The molecule has 16 nitrogen and oxygen atoms in total. The third-order valence-corrected chi connectivity index (χ3v) is 17.6. The van der Waals surface area contributed by atoms with Crippen LogP contribution in [0.25, 0.3) is 55.4 Å². The van der Waals surface area contributed by atoms with Crippen LogP contribution < -0.4 is 10.1 Å². The molecule has 0 aliphatic carbocycles. The number of fused-ring (bicyclic) bond motifs is 3. The van der Waals surface area contributed by atoms with E-state index in [1.165, 1.54) is 18.3 Å². The van der Waals surface area contributed by atoms with Crippen LogP contribution in [0.5, 0.6) is 5.88 Å². The lowest BCUT2D eigenvalue weighted by molar-refractivity contribution is 0.0862. The molecule has 9 heterocycles. The molecule has 9 aromatic heterocycles. The molecule has 3 N–H and O–H groups in total. The van der Waals surface area contributed by atoms with Crippen LogP contribution in [0.4, 0.5) is 0 Å². The molecule has 76 heavy (non-hydrogen) atoms. The van der Waals surface area contributed by atoms with Gasteiger partial charge in [-0.3, -0.25) is 19.5 Å². The van der Waals surface area contributed by atoms with Gasteiger partial charge >= 0.3 is 14.8 Å². The number of hydrogen-bond acceptors (Lipinski definition) is 13. The molecular formula is C54H71B2BrN9O7Si3. The molecule has 0 aliphatic rings. The van der Waals surface area contributed by atoms with Crippen LogP contribution in [0.1, 0.15) is 0 Å². The van der Waals surface area contributed by atoms with Gasteiger partial charge in [0.05, 0.1) is 0 Å². The SMILES string of the molecule is C[Si](C)(C)CCOCn1c(O[B]O)cc2c(-c3cccnc3)ccnc21.C[Si](C)(C)CCOCn1ccc2c(-c3cccnc3)ccnc21.C[Si](C)(C)CCOCn1ccc2c(Br)ccnc21.OB(O)c1cccnc1. The Kier molecular flexibility index (Phi) is 22.5. The van der Waals surface area contributed by atoms with Gasteiger partial charge in [0, 0.05) is 155 Å². The second-order valence-corrected chi connectivity index (χ2v) is 39.3. The first-order valence-electron chi connectivity index (χ1n) is 25.3. The van der Waals surface area contributed by atoms with Crippen molar-refractivity contribution in [2.24, 2.45) is 0 Å². The number of aromatic nitrogens is 9. The van der Waals surface area contributed by atoms with Crippen molar-refractivity contribution in [1.82, 2.24) is 43.6 Å². The van der Waals surface area contributed by atoms with Crippen molar-refractivity contribution in [2.45, 2.75) is 97.2 Å². The summed E-state index contributed by atoms with van der Waals surface area (Å²) in [5.74, 6) is 0.486. The molecule has 0 bridgehead atoms. The summed E-state index contributed by atoms with van der Waals surface area (Å²) in [6, 6.07) is 26.6. The zero-order chi connectivity index (χ0) is 54.7. The number of rotatable bonds is 20. The fraction of sp³-hybridized carbons (Fsp3) is 0.333. The summed E-state index contributed by atoms with van der Waals surface area (Å²) in [7, 11) is -3.92. The normalized spacial score (nSPS) is 11.6. The van der Waals surface area contributed by atoms with E-state index in [9.17, 15) is 0 Å². The lowest BCUT2D eigenvalue weighted by Crippen LogP contribution is -2.29. The van der Waals surface area contributed by atoms with Gasteiger partial charge in [0.25, 0.3) is 0 Å². The highest BCUT2D eigenvalue weighted by atomic mass is 79.9. The predicted molar refractivity (Wildman–Crippen MR) is 318 cm³/mol. The van der Waals surface area contributed by atoms with Gasteiger partial charge in [-0.1, -0.05) is 77.1 Å². The summed E-state index contributed by atoms with van der Waals surface area (Å²) in [5.41, 5.74) is 7.36. The van der Waals surface area contributed by atoms with E-state index in [0.717, 1.165) is 79.1 Å². The standard InChI is InChI=1S/C18H23BN3O3Si.C18H23N3OSi.C13H19BrN2OSi.C5H6BNO2/c1-26(2,3)10-9-24-13-22-17(25-19-23)11-16-15(6-8-21-18(16)22)14-5-4-7-20-12-14;1-23(2,3)12-11-22-14-21-10-7-17-16(6-9-20-18(17)21)15-5-4-8-19-13-15;1-18(2,3)9-8-17-10-16-7-5-11-12(14)4-6-15-13(11)16;8-6(9)5-2-1-3-7-4-5/h4-8,11-12,23H,9-10,13H2,1-3H3;4-10,13H,11-12,14H2,1-3H3;4-7H,8-10H2,1-3H3;1-4,8-9H. The molecule has 0 aliphatic heterocycles. The van der Waals surface area contributed by atoms with E-state index in [0.29, 0.717) is 45.8 Å². The molecule has 9 aromatic rings. The fourth-order valence-electron chi connectivity index (χ4n) is 7.45. The van der Waals surface area contributed by atoms with Crippen LogP contribution in [0.15, 0.2) is 145 Å². The minimum absolute atomic E-state index is 0.320. The Morgan fingerprint density at radius 3 is 1.46 bits per heavy atom. The molecule has 0 amide bonds. The molecular weight excluding hydrogens is 1070 g/mol. The highest BCUT2D eigenvalue weighted by molar-refractivity contribution is 9.10. The van der Waals surface area contributed by atoms with Crippen LogP contribution in [-0.4, -0.2) is 118 Å². The van der Waals surface area contributed by atoms with E-state index < -0.39 is 31.3 Å². The molecule has 0 fully saturated rings. The lowest BCUT2D eigenvalue weighted by atomic mass is 9.82. The van der Waals surface area contributed by atoms with E-state index in [1.54, 1.807) is 36.9 Å². The van der Waals surface area contributed by atoms with Crippen molar-refractivity contribution < 1.29 is 33.9 Å². The Balaban J connectivity index is 0.000000173. The summed E-state index contributed by atoms with van der Waals surface area (Å²) in [6.07, 6.45) is 19.7.